The molecule has 2 aromatic heterocycles. The number of likely N-dealkylation sites (tertiary alicyclic amines) is 1. The first-order valence-corrected chi connectivity index (χ1v) is 12.6. The third-order valence-electron chi connectivity index (χ3n) is 5.04. The Kier molecular flexibility index (Phi) is 7.14. The quantitative estimate of drug-likeness (QED) is 0.625. The van der Waals surface area contributed by atoms with E-state index in [1.165, 1.54) is 6.42 Å². The highest BCUT2D eigenvalue weighted by atomic mass is 32.2. The number of methoxy groups -OCH3 is 1. The fourth-order valence-corrected chi connectivity index (χ4v) is 6.72. The monoisotopic (exact) mass is 440 g/mol. The summed E-state index contributed by atoms with van der Waals surface area (Å²) in [7, 11) is -1.86. The van der Waals surface area contributed by atoms with Gasteiger partial charge < -0.3 is 9.30 Å². The second-order valence-corrected chi connectivity index (χ2v) is 11.7. The van der Waals surface area contributed by atoms with Crippen LogP contribution in [0.15, 0.2) is 22.9 Å². The van der Waals surface area contributed by atoms with Crippen molar-refractivity contribution in [3.63, 3.8) is 0 Å². The largest absolute Gasteiger partial charge is 0.383 e. The number of hydrogen-bond donors (Lipinski definition) is 0. The van der Waals surface area contributed by atoms with E-state index in [1.807, 2.05) is 36.9 Å². The van der Waals surface area contributed by atoms with Gasteiger partial charge in [-0.1, -0.05) is 27.2 Å². The van der Waals surface area contributed by atoms with Crippen molar-refractivity contribution in [2.45, 2.75) is 64.3 Å². The third-order valence-corrected chi connectivity index (χ3v) is 8.04. The van der Waals surface area contributed by atoms with Gasteiger partial charge in [-0.25, -0.2) is 18.4 Å². The molecule has 0 radical (unpaired) electrons. The van der Waals surface area contributed by atoms with Crippen molar-refractivity contribution in [1.82, 2.24) is 19.4 Å². The summed E-state index contributed by atoms with van der Waals surface area (Å²) in [5, 5.41) is 3.30. The highest BCUT2D eigenvalue weighted by molar-refractivity contribution is 7.91. The van der Waals surface area contributed by atoms with Crippen molar-refractivity contribution in [2.24, 2.45) is 5.41 Å². The molecular formula is C20H32N4O3S2. The average Bonchev–Trinajstić information content (AvgIpc) is 3.29. The van der Waals surface area contributed by atoms with Crippen molar-refractivity contribution >= 4 is 21.2 Å². The van der Waals surface area contributed by atoms with Crippen LogP contribution in [0, 0.1) is 5.41 Å². The van der Waals surface area contributed by atoms with E-state index >= 15 is 0 Å². The molecule has 0 N–H and O–H groups in total. The molecular weight excluding hydrogens is 408 g/mol. The molecule has 0 saturated carbocycles. The lowest BCUT2D eigenvalue weighted by molar-refractivity contribution is 0.134. The van der Waals surface area contributed by atoms with Gasteiger partial charge in [0.05, 0.1) is 30.3 Å². The lowest BCUT2D eigenvalue weighted by Gasteiger charge is -2.34. The average molecular weight is 441 g/mol. The van der Waals surface area contributed by atoms with E-state index in [0.29, 0.717) is 19.7 Å². The van der Waals surface area contributed by atoms with Gasteiger partial charge in [0.1, 0.15) is 5.01 Å². The molecule has 162 valence electrons. The lowest BCUT2D eigenvalue weighted by atomic mass is 10.0. The number of imidazole rings is 1. The van der Waals surface area contributed by atoms with E-state index < -0.39 is 9.84 Å². The minimum Gasteiger partial charge on any atom is -0.383 e. The van der Waals surface area contributed by atoms with Crippen LogP contribution in [-0.2, 0) is 27.7 Å². The first-order valence-electron chi connectivity index (χ1n) is 10.1. The van der Waals surface area contributed by atoms with Crippen molar-refractivity contribution in [3.8, 4) is 0 Å². The molecule has 0 spiro atoms. The Labute approximate surface area is 178 Å². The summed E-state index contributed by atoms with van der Waals surface area (Å²) in [4.78, 5) is 11.3. The van der Waals surface area contributed by atoms with Crippen LogP contribution in [0.3, 0.4) is 0 Å². The van der Waals surface area contributed by atoms with Gasteiger partial charge in [0.15, 0.2) is 0 Å². The number of sulfone groups is 1. The fourth-order valence-electron chi connectivity index (χ4n) is 3.89. The molecule has 1 fully saturated rings. The van der Waals surface area contributed by atoms with Gasteiger partial charge in [-0.15, -0.1) is 11.3 Å². The zero-order valence-corrected chi connectivity index (χ0v) is 19.4. The molecule has 1 aliphatic rings. The molecule has 1 saturated heterocycles. The first-order chi connectivity index (χ1) is 13.7. The number of aromatic nitrogens is 3. The number of rotatable bonds is 8. The SMILES string of the molecule is COCCn1c(CN2CCCC[C@H]2c2nccs2)cnc1S(=O)(=O)CC(C)(C)C. The Bertz CT molecular complexity index is 885. The minimum atomic E-state index is -3.49. The highest BCUT2D eigenvalue weighted by Gasteiger charge is 2.31. The molecule has 1 atom stereocenters. The Morgan fingerprint density at radius 1 is 1.28 bits per heavy atom. The number of thiazole rings is 1. The summed E-state index contributed by atoms with van der Waals surface area (Å²) in [5.74, 6) is 0.0644. The molecule has 3 heterocycles. The van der Waals surface area contributed by atoms with Crippen molar-refractivity contribution < 1.29 is 13.2 Å². The second-order valence-electron chi connectivity index (χ2n) is 8.85. The summed E-state index contributed by atoms with van der Waals surface area (Å²) < 4.78 is 33.2. The van der Waals surface area contributed by atoms with Crippen LogP contribution in [0.25, 0.3) is 0 Å². The minimum absolute atomic E-state index is 0.0644. The molecule has 29 heavy (non-hydrogen) atoms. The molecule has 9 heteroatoms. The molecule has 7 nitrogen and oxygen atoms in total. The van der Waals surface area contributed by atoms with Crippen molar-refractivity contribution in [2.75, 3.05) is 26.0 Å². The third kappa shape index (κ3) is 5.65. The lowest BCUT2D eigenvalue weighted by Crippen LogP contribution is -2.34. The Hall–Kier alpha value is -1.29. The van der Waals surface area contributed by atoms with Crippen LogP contribution in [0.5, 0.6) is 0 Å². The van der Waals surface area contributed by atoms with Crippen LogP contribution < -0.4 is 0 Å². The first kappa shape index (κ1) is 22.4. The van der Waals surface area contributed by atoms with E-state index in [0.717, 1.165) is 30.1 Å². The van der Waals surface area contributed by atoms with Crippen molar-refractivity contribution in [1.29, 1.82) is 0 Å². The van der Waals surface area contributed by atoms with E-state index in [4.69, 9.17) is 4.74 Å². The van der Waals surface area contributed by atoms with Gasteiger partial charge >= 0.3 is 0 Å². The van der Waals surface area contributed by atoms with Crippen molar-refractivity contribution in [3.05, 3.63) is 28.5 Å². The molecule has 2 aromatic rings. The van der Waals surface area contributed by atoms with Crippen LogP contribution >= 0.6 is 11.3 Å². The summed E-state index contributed by atoms with van der Waals surface area (Å²) in [5.41, 5.74) is 0.581. The van der Waals surface area contributed by atoms with E-state index in [-0.39, 0.29) is 22.4 Å². The second kappa shape index (κ2) is 9.24. The highest BCUT2D eigenvalue weighted by Crippen LogP contribution is 2.33. The summed E-state index contributed by atoms with van der Waals surface area (Å²) in [6.45, 7) is 8.34. The van der Waals surface area contributed by atoms with Crippen LogP contribution in [-0.4, -0.2) is 53.9 Å². The number of piperidine rings is 1. The normalized spacial score (nSPS) is 19.0. The van der Waals surface area contributed by atoms with Gasteiger partial charge in [-0.05, 0) is 24.8 Å². The Balaban J connectivity index is 1.89. The van der Waals surface area contributed by atoms with E-state index in [2.05, 4.69) is 14.9 Å². The topological polar surface area (TPSA) is 77.3 Å². The van der Waals surface area contributed by atoms with Crippen LogP contribution in [0.1, 0.15) is 56.8 Å². The van der Waals surface area contributed by atoms with Gasteiger partial charge in [0.25, 0.3) is 0 Å². The Morgan fingerprint density at radius 3 is 2.72 bits per heavy atom. The number of ether oxygens (including phenoxy) is 1. The summed E-state index contributed by atoms with van der Waals surface area (Å²) in [6, 6.07) is 0.282. The molecule has 0 aliphatic carbocycles. The van der Waals surface area contributed by atoms with Crippen LogP contribution in [0.4, 0.5) is 0 Å². The predicted octanol–water partition coefficient (Wildman–Crippen LogP) is 3.53. The molecule has 0 aromatic carbocycles. The summed E-state index contributed by atoms with van der Waals surface area (Å²) in [6.07, 6.45) is 6.98. The standard InChI is InChI=1S/C20H32N4O3S2/c1-20(2,3)15-29(25,26)19-22-13-16(24(19)10-11-27-4)14-23-9-6-5-7-17(23)18-21-8-12-28-18/h8,12-13,17H,5-7,9-11,14-15H2,1-4H3/t17-/m0/s1. The fraction of sp³-hybridized carbons (Fsp3) is 0.700. The molecule has 0 amide bonds. The maximum atomic E-state index is 13.0. The zero-order valence-electron chi connectivity index (χ0n) is 17.8. The maximum Gasteiger partial charge on any atom is 0.227 e. The van der Waals surface area contributed by atoms with E-state index in [1.54, 1.807) is 24.6 Å². The number of hydrogen-bond acceptors (Lipinski definition) is 7. The Morgan fingerprint density at radius 2 is 2.07 bits per heavy atom. The number of nitrogens with zero attached hydrogens (tertiary/aromatic N) is 4. The zero-order chi connectivity index (χ0) is 21.1. The summed E-state index contributed by atoms with van der Waals surface area (Å²) >= 11 is 1.69. The van der Waals surface area contributed by atoms with Gasteiger partial charge in [-0.3, -0.25) is 4.90 Å². The molecule has 0 unspecified atom stereocenters. The van der Waals surface area contributed by atoms with E-state index in [9.17, 15) is 8.42 Å². The van der Waals surface area contributed by atoms with Gasteiger partial charge in [0, 0.05) is 31.8 Å². The van der Waals surface area contributed by atoms with Crippen LogP contribution in [0.2, 0.25) is 0 Å². The molecule has 0 bridgehead atoms. The predicted molar refractivity (Wildman–Crippen MR) is 115 cm³/mol. The van der Waals surface area contributed by atoms with Gasteiger partial charge in [0.2, 0.25) is 15.0 Å². The molecule has 3 rings (SSSR count). The smallest absolute Gasteiger partial charge is 0.227 e. The molecule has 1 aliphatic heterocycles. The maximum absolute atomic E-state index is 13.0. The van der Waals surface area contributed by atoms with Gasteiger partial charge in [-0.2, -0.15) is 0 Å².